The average Bonchev–Trinajstić information content (AvgIpc) is 3.23. The third-order valence-corrected chi connectivity index (χ3v) is 11.9. The summed E-state index contributed by atoms with van der Waals surface area (Å²) in [6, 6.07) is -1.13. The molecule has 18 nitrogen and oxygen atoms in total. The lowest BCUT2D eigenvalue weighted by atomic mass is 9.82. The van der Waals surface area contributed by atoms with E-state index >= 15 is 0 Å². The molecule has 0 aromatic heterocycles. The Morgan fingerprint density at radius 1 is 0.833 bits per heavy atom. The van der Waals surface area contributed by atoms with Crippen molar-refractivity contribution in [2.24, 2.45) is 23.5 Å². The molecule has 0 aromatic carbocycles. The van der Waals surface area contributed by atoms with Crippen LogP contribution in [0.25, 0.3) is 0 Å². The number of ether oxygens (including phenoxy) is 4. The Morgan fingerprint density at radius 3 is 2.06 bits per heavy atom. The van der Waals surface area contributed by atoms with E-state index in [-0.39, 0.29) is 31.6 Å². The van der Waals surface area contributed by atoms with E-state index in [1.807, 2.05) is 74.6 Å². The fourth-order valence-electron chi connectivity index (χ4n) is 7.84. The number of aliphatic carboxylic acids is 1. The van der Waals surface area contributed by atoms with Crippen LogP contribution in [0.4, 0.5) is 0 Å². The van der Waals surface area contributed by atoms with Crippen LogP contribution in [0.3, 0.4) is 0 Å². The van der Waals surface area contributed by atoms with Crippen molar-refractivity contribution in [1.82, 2.24) is 0 Å². The number of aliphatic hydroxyl groups excluding tert-OH is 9. The van der Waals surface area contributed by atoms with Crippen LogP contribution < -0.4 is 5.73 Å². The molecule has 0 aliphatic carbocycles. The second-order valence-corrected chi connectivity index (χ2v) is 17.6. The molecule has 13 N–H and O–H groups in total. The second kappa shape index (κ2) is 29.4. The van der Waals surface area contributed by atoms with E-state index in [0.717, 1.165) is 0 Å². The van der Waals surface area contributed by atoms with E-state index < -0.39 is 147 Å². The Labute approximate surface area is 388 Å². The minimum atomic E-state index is -2.31. The highest BCUT2D eigenvalue weighted by atomic mass is 16.7. The average molecular weight is 940 g/mol. The maximum Gasteiger partial charge on any atom is 0.311 e. The standard InChI is InChI=1S/C48H77NO17/c1-7-9-11-12-13-14-15-16-17-18-28(3)43(57)29(4)30(5)63-40(56)24-33(51)22-32(50)20-21-36(53)37(54)23-34(52)26-48(62)27-38(55)41(46(60)61)39(66-48)25-35(19-10-8-2)65-47-45(59)42(49)44(58)31(6)64-47/h7-19,28-39,41-45,47,50-55,57-59,62H,2,20-27,49H2,1,3-6H3,(H,60,61)/b9-7+,12-11+,14-13+,16-15+,18-17+,19-10+/t28-,29-,30-,31+,32?,33?,34?,35?,36?,37?,38-,39-,41?,42-,43?,44?,45?,47-,48?/m0/s1. The summed E-state index contributed by atoms with van der Waals surface area (Å²) in [5.74, 6) is -6.77. The van der Waals surface area contributed by atoms with Crippen LogP contribution in [-0.4, -0.2) is 166 Å². The first kappa shape index (κ1) is 58.7. The van der Waals surface area contributed by atoms with Crippen molar-refractivity contribution in [2.75, 3.05) is 0 Å². The second-order valence-electron chi connectivity index (χ2n) is 17.6. The zero-order valence-electron chi connectivity index (χ0n) is 38.7. The van der Waals surface area contributed by atoms with Crippen LogP contribution in [0.5, 0.6) is 0 Å². The van der Waals surface area contributed by atoms with Gasteiger partial charge in [0.15, 0.2) is 12.1 Å². The minimum absolute atomic E-state index is 0.111. The molecular weight excluding hydrogens is 863 g/mol. The van der Waals surface area contributed by atoms with Gasteiger partial charge in [-0.25, -0.2) is 0 Å². The molecule has 19 atom stereocenters. The first-order chi connectivity index (χ1) is 31.0. The molecule has 2 saturated heterocycles. The molecule has 2 aliphatic rings. The van der Waals surface area contributed by atoms with Crippen molar-refractivity contribution in [3.8, 4) is 0 Å². The summed E-state index contributed by atoms with van der Waals surface area (Å²) in [6.07, 6.45) is 2.34. The summed E-state index contributed by atoms with van der Waals surface area (Å²) in [7, 11) is 0. The molecule has 0 radical (unpaired) electrons. The Hall–Kier alpha value is -3.44. The summed E-state index contributed by atoms with van der Waals surface area (Å²) in [6.45, 7) is 12.3. The van der Waals surface area contributed by atoms with Gasteiger partial charge < -0.3 is 80.9 Å². The minimum Gasteiger partial charge on any atom is -0.481 e. The Kier molecular flexibility index (Phi) is 26.2. The van der Waals surface area contributed by atoms with Gasteiger partial charge in [0.25, 0.3) is 0 Å². The number of carboxylic acid groups (broad SMARTS) is 1. The number of carbonyl (C=O) groups is 2. The van der Waals surface area contributed by atoms with E-state index in [1.165, 1.54) is 25.2 Å². The van der Waals surface area contributed by atoms with Gasteiger partial charge in [0.05, 0.1) is 79.6 Å². The summed E-state index contributed by atoms with van der Waals surface area (Å²) < 4.78 is 22.8. The monoisotopic (exact) mass is 940 g/mol. The van der Waals surface area contributed by atoms with Gasteiger partial charge in [0.2, 0.25) is 0 Å². The smallest absolute Gasteiger partial charge is 0.311 e. The largest absolute Gasteiger partial charge is 0.481 e. The van der Waals surface area contributed by atoms with E-state index in [1.54, 1.807) is 13.8 Å². The SMILES string of the molecule is C=C/C=C/C(C[C@@H]1OC(O)(CC(O)CC(O)C(O)CCC(O)CC(O)CC(=O)O[C@@H](C)[C@H](C)C(O)[C@@H](C)/C=C/C=C/C=C/C=C/C=C/C)C[C@H](O)C1C(=O)O)O[C@@H]1O[C@H](C)C(O)[C@H](N)C1O. The summed E-state index contributed by atoms with van der Waals surface area (Å²) in [5, 5.41) is 117. The first-order valence-corrected chi connectivity index (χ1v) is 22.6. The fourth-order valence-corrected chi connectivity index (χ4v) is 7.84. The quantitative estimate of drug-likeness (QED) is 0.0389. The van der Waals surface area contributed by atoms with Gasteiger partial charge in [0.1, 0.15) is 18.1 Å². The zero-order chi connectivity index (χ0) is 49.7. The van der Waals surface area contributed by atoms with Gasteiger partial charge in [-0.15, -0.1) is 0 Å². The summed E-state index contributed by atoms with van der Waals surface area (Å²) >= 11 is 0. The van der Waals surface area contributed by atoms with Crippen LogP contribution in [0.1, 0.15) is 86.0 Å². The normalized spacial score (nSPS) is 31.3. The number of allylic oxidation sites excluding steroid dienone is 11. The Bertz CT molecular complexity index is 1640. The van der Waals surface area contributed by atoms with Crippen molar-refractivity contribution in [3.05, 3.63) is 85.6 Å². The maximum atomic E-state index is 12.6. The van der Waals surface area contributed by atoms with Gasteiger partial charge >= 0.3 is 11.9 Å². The van der Waals surface area contributed by atoms with Crippen molar-refractivity contribution < 1.29 is 84.7 Å². The number of carbonyl (C=O) groups excluding carboxylic acids is 1. The van der Waals surface area contributed by atoms with E-state index in [2.05, 4.69) is 6.58 Å². The number of esters is 1. The number of hydrogen-bond donors (Lipinski definition) is 12. The predicted octanol–water partition coefficient (Wildman–Crippen LogP) is 1.35. The maximum absolute atomic E-state index is 12.6. The van der Waals surface area contributed by atoms with Crippen molar-refractivity contribution in [1.29, 1.82) is 0 Å². The first-order valence-electron chi connectivity index (χ1n) is 22.6. The van der Waals surface area contributed by atoms with Crippen molar-refractivity contribution >= 4 is 11.9 Å². The molecule has 0 bridgehead atoms. The summed E-state index contributed by atoms with van der Waals surface area (Å²) in [4.78, 5) is 24.9. The van der Waals surface area contributed by atoms with Gasteiger partial charge in [0, 0.05) is 37.5 Å². The van der Waals surface area contributed by atoms with Crippen LogP contribution in [0.2, 0.25) is 0 Å². The molecule has 2 heterocycles. The van der Waals surface area contributed by atoms with Gasteiger partial charge in [-0.05, 0) is 40.0 Å². The molecule has 0 amide bonds. The predicted molar refractivity (Wildman–Crippen MR) is 244 cm³/mol. The number of aliphatic hydroxyl groups is 10. The molecule has 66 heavy (non-hydrogen) atoms. The lowest BCUT2D eigenvalue weighted by Crippen LogP contribution is -2.61. The fraction of sp³-hybridized carbons (Fsp3) is 0.667. The zero-order valence-corrected chi connectivity index (χ0v) is 38.7. The van der Waals surface area contributed by atoms with Crippen LogP contribution in [0, 0.1) is 17.8 Å². The third-order valence-electron chi connectivity index (χ3n) is 11.9. The number of carboxylic acids is 1. The molecule has 2 rings (SSSR count). The van der Waals surface area contributed by atoms with Crippen LogP contribution in [0.15, 0.2) is 85.6 Å². The Balaban J connectivity index is 1.88. The van der Waals surface area contributed by atoms with Gasteiger partial charge in [-0.3, -0.25) is 9.59 Å². The van der Waals surface area contributed by atoms with E-state index in [4.69, 9.17) is 24.7 Å². The molecule has 0 saturated carbocycles. The van der Waals surface area contributed by atoms with Crippen molar-refractivity contribution in [2.45, 2.75) is 183 Å². The number of rotatable bonds is 28. The summed E-state index contributed by atoms with van der Waals surface area (Å²) in [5.41, 5.74) is 5.93. The highest BCUT2D eigenvalue weighted by Crippen LogP contribution is 2.38. The third kappa shape index (κ3) is 20.0. The van der Waals surface area contributed by atoms with Crippen LogP contribution >= 0.6 is 0 Å². The highest BCUT2D eigenvalue weighted by molar-refractivity contribution is 5.71. The molecule has 18 heteroatoms. The molecule has 0 aromatic rings. The molecule has 2 aliphatic heterocycles. The molecule has 2 fully saturated rings. The van der Waals surface area contributed by atoms with Gasteiger partial charge in [-0.2, -0.15) is 0 Å². The number of nitrogens with two attached hydrogens (primary N) is 1. The highest BCUT2D eigenvalue weighted by Gasteiger charge is 2.51. The molecule has 11 unspecified atom stereocenters. The van der Waals surface area contributed by atoms with Crippen molar-refractivity contribution in [3.63, 3.8) is 0 Å². The lowest BCUT2D eigenvalue weighted by Gasteiger charge is -2.45. The molecular formula is C48H77NO17. The van der Waals surface area contributed by atoms with E-state index in [0.29, 0.717) is 0 Å². The van der Waals surface area contributed by atoms with Gasteiger partial charge in [-0.1, -0.05) is 99.4 Å². The topological polar surface area (TPSA) is 320 Å². The van der Waals surface area contributed by atoms with E-state index in [9.17, 15) is 65.8 Å². The number of hydrogen-bond acceptors (Lipinski definition) is 17. The Morgan fingerprint density at radius 2 is 1.45 bits per heavy atom. The molecule has 0 spiro atoms. The van der Waals surface area contributed by atoms with Crippen LogP contribution in [-0.2, 0) is 28.5 Å². The lowest BCUT2D eigenvalue weighted by molar-refractivity contribution is -0.308. The molecule has 376 valence electrons.